The van der Waals surface area contributed by atoms with E-state index in [1.807, 2.05) is 0 Å². The van der Waals surface area contributed by atoms with Gasteiger partial charge in [0.2, 0.25) is 0 Å². The van der Waals surface area contributed by atoms with E-state index in [-0.39, 0.29) is 11.9 Å². The predicted molar refractivity (Wildman–Crippen MR) is 112 cm³/mol. The summed E-state index contributed by atoms with van der Waals surface area (Å²) < 4.78 is 81.3. The number of fused-ring (bicyclic) bond motifs is 1. The van der Waals surface area contributed by atoms with E-state index in [9.17, 15) is 26.3 Å². The molecule has 3 heterocycles. The molecule has 0 bridgehead atoms. The highest BCUT2D eigenvalue weighted by atomic mass is 79.9. The zero-order valence-corrected chi connectivity index (χ0v) is 18.7. The first-order valence-corrected chi connectivity index (χ1v) is 10.7. The van der Waals surface area contributed by atoms with Gasteiger partial charge in [-0.15, -0.1) is 11.3 Å². The van der Waals surface area contributed by atoms with Crippen molar-refractivity contribution in [3.63, 3.8) is 0 Å². The maximum absolute atomic E-state index is 13.5. The maximum Gasteiger partial charge on any atom is 0.418 e. The Balaban J connectivity index is 1.82. The largest absolute Gasteiger partial charge is 0.418 e. The van der Waals surface area contributed by atoms with Gasteiger partial charge in [-0.2, -0.15) is 26.3 Å². The quantitative estimate of drug-likeness (QED) is 0.293. The van der Waals surface area contributed by atoms with Gasteiger partial charge in [-0.05, 0) is 35.0 Å². The van der Waals surface area contributed by atoms with Gasteiger partial charge in [-0.1, -0.05) is 0 Å². The lowest BCUT2D eigenvalue weighted by Gasteiger charge is -2.19. The number of nitrogens with zero attached hydrogens (tertiary/aromatic N) is 5. The van der Waals surface area contributed by atoms with Crippen molar-refractivity contribution in [2.75, 3.05) is 5.32 Å². The van der Waals surface area contributed by atoms with Gasteiger partial charge in [0.1, 0.15) is 22.8 Å². The molecule has 3 aromatic heterocycles. The highest BCUT2D eigenvalue weighted by Crippen LogP contribution is 2.41. The van der Waals surface area contributed by atoms with Crippen molar-refractivity contribution in [3.05, 3.63) is 57.7 Å². The fourth-order valence-electron chi connectivity index (χ4n) is 3.13. The summed E-state index contributed by atoms with van der Waals surface area (Å²) >= 11 is 4.60. The molecule has 0 aliphatic carbocycles. The van der Waals surface area contributed by atoms with E-state index in [1.165, 1.54) is 23.7 Å². The molecule has 1 unspecified atom stereocenters. The molecular formula is C19H11BrF6N6S. The molecule has 0 saturated heterocycles. The molecule has 0 radical (unpaired) electrons. The smallest absolute Gasteiger partial charge is 0.361 e. The van der Waals surface area contributed by atoms with Crippen LogP contribution in [0.3, 0.4) is 0 Å². The summed E-state index contributed by atoms with van der Waals surface area (Å²) in [5.74, 6) is -0.207. The molecule has 0 fully saturated rings. The molecule has 1 N–H and O–H groups in total. The van der Waals surface area contributed by atoms with E-state index in [0.29, 0.717) is 22.5 Å². The highest BCUT2D eigenvalue weighted by molar-refractivity contribution is 9.11. The summed E-state index contributed by atoms with van der Waals surface area (Å²) in [7, 11) is 0. The number of alkyl halides is 6. The molecule has 0 saturated carbocycles. The minimum atomic E-state index is -5.05. The highest BCUT2D eigenvalue weighted by Gasteiger charge is 2.39. The maximum atomic E-state index is 13.5. The van der Waals surface area contributed by atoms with E-state index in [0.717, 1.165) is 10.1 Å². The Hall–Kier alpha value is -2.87. The van der Waals surface area contributed by atoms with Crippen LogP contribution in [0, 0.1) is 0 Å². The average molecular weight is 549 g/mol. The summed E-state index contributed by atoms with van der Waals surface area (Å²) in [6.07, 6.45) is -4.75. The number of hydrogen-bond donors (Lipinski definition) is 1. The van der Waals surface area contributed by atoms with Gasteiger partial charge in [-0.25, -0.2) is 15.0 Å². The second-order valence-electron chi connectivity index (χ2n) is 6.76. The van der Waals surface area contributed by atoms with Gasteiger partial charge >= 0.3 is 12.4 Å². The van der Waals surface area contributed by atoms with E-state index in [2.05, 4.69) is 46.2 Å². The molecule has 33 heavy (non-hydrogen) atoms. The van der Waals surface area contributed by atoms with Gasteiger partial charge in [0.25, 0.3) is 0 Å². The normalized spacial score (nSPS) is 13.3. The van der Waals surface area contributed by atoms with Crippen molar-refractivity contribution < 1.29 is 26.3 Å². The van der Waals surface area contributed by atoms with Crippen molar-refractivity contribution >= 4 is 44.0 Å². The van der Waals surface area contributed by atoms with Crippen LogP contribution in [0.15, 0.2) is 40.8 Å². The topological polar surface area (TPSA) is 76.5 Å². The minimum Gasteiger partial charge on any atom is -0.361 e. The number of hydrogen-bond acceptors (Lipinski definition) is 7. The third kappa shape index (κ3) is 4.76. The standard InChI is InChI=1S/C19H11BrF6N6S/c1-8(13-15(28-3-2-27-13)17-29-6-12(20)33-17)32-16-10-4-9(18(21,22)23)5-11(19(24,25)26)14(10)30-7-31-16/h2-8H,1H3,(H,30,31,32). The minimum absolute atomic E-state index is 0.0453. The van der Waals surface area contributed by atoms with E-state index >= 15 is 0 Å². The van der Waals surface area contributed by atoms with Crippen molar-refractivity contribution in [1.29, 1.82) is 0 Å². The van der Waals surface area contributed by atoms with Crippen molar-refractivity contribution in [2.24, 2.45) is 0 Å². The third-order valence-electron chi connectivity index (χ3n) is 4.54. The van der Waals surface area contributed by atoms with Crippen LogP contribution >= 0.6 is 27.3 Å². The molecule has 14 heteroatoms. The van der Waals surface area contributed by atoms with E-state index in [4.69, 9.17) is 0 Å². The lowest BCUT2D eigenvalue weighted by atomic mass is 10.0. The van der Waals surface area contributed by atoms with Crippen LogP contribution in [0.2, 0.25) is 0 Å². The Kier molecular flexibility index (Phi) is 5.99. The van der Waals surface area contributed by atoms with Crippen LogP contribution < -0.4 is 5.32 Å². The molecule has 1 atom stereocenters. The summed E-state index contributed by atoms with van der Waals surface area (Å²) in [4.78, 5) is 20.3. The summed E-state index contributed by atoms with van der Waals surface area (Å²) in [6, 6.07) is -0.0583. The Morgan fingerprint density at radius 1 is 0.939 bits per heavy atom. The fourth-order valence-corrected chi connectivity index (χ4v) is 4.34. The zero-order valence-electron chi connectivity index (χ0n) is 16.3. The lowest BCUT2D eigenvalue weighted by molar-refractivity contribution is -0.142. The molecule has 6 nitrogen and oxygen atoms in total. The Morgan fingerprint density at radius 2 is 1.67 bits per heavy atom. The molecule has 0 amide bonds. The molecule has 4 rings (SSSR count). The first kappa shape index (κ1) is 23.3. The SMILES string of the molecule is CC(Nc1ncnc2c(C(F)(F)F)cc(C(F)(F)F)cc12)c1nccnc1-c1ncc(Br)s1. The number of rotatable bonds is 4. The lowest BCUT2D eigenvalue weighted by Crippen LogP contribution is -2.15. The Morgan fingerprint density at radius 3 is 2.30 bits per heavy atom. The number of benzene rings is 1. The number of anilines is 1. The second kappa shape index (κ2) is 8.48. The number of nitrogens with one attached hydrogen (secondary N) is 1. The predicted octanol–water partition coefficient (Wildman–Crippen LogP) is 6.52. The molecule has 0 aliphatic heterocycles. The molecule has 172 valence electrons. The Labute approximate surface area is 194 Å². The van der Waals surface area contributed by atoms with E-state index < -0.39 is 40.4 Å². The van der Waals surface area contributed by atoms with Crippen LogP contribution in [0.4, 0.5) is 32.2 Å². The number of aromatic nitrogens is 5. The van der Waals surface area contributed by atoms with Crippen LogP contribution in [-0.2, 0) is 12.4 Å². The van der Waals surface area contributed by atoms with Gasteiger partial charge in [0.05, 0.1) is 38.4 Å². The molecule has 0 aliphatic rings. The Bertz CT molecular complexity index is 1320. The average Bonchev–Trinajstić information content (AvgIpc) is 3.18. The molecule has 0 spiro atoms. The third-order valence-corrected chi connectivity index (χ3v) is 6.02. The molecule has 1 aromatic carbocycles. The van der Waals surface area contributed by atoms with Crippen molar-refractivity contribution in [1.82, 2.24) is 24.9 Å². The van der Waals surface area contributed by atoms with E-state index in [1.54, 1.807) is 13.1 Å². The summed E-state index contributed by atoms with van der Waals surface area (Å²) in [6.45, 7) is 1.63. The zero-order chi connectivity index (χ0) is 24.0. The number of halogens is 7. The monoisotopic (exact) mass is 548 g/mol. The molecule has 4 aromatic rings. The van der Waals surface area contributed by atoms with Crippen LogP contribution in [0.1, 0.15) is 29.8 Å². The van der Waals surface area contributed by atoms with Gasteiger partial charge < -0.3 is 5.32 Å². The van der Waals surface area contributed by atoms with Crippen LogP contribution in [-0.4, -0.2) is 24.9 Å². The van der Waals surface area contributed by atoms with Gasteiger partial charge in [-0.3, -0.25) is 9.97 Å². The van der Waals surface area contributed by atoms with Crippen LogP contribution in [0.25, 0.3) is 21.6 Å². The fraction of sp³-hybridized carbons (Fsp3) is 0.211. The number of thiazole rings is 1. The van der Waals surface area contributed by atoms with Gasteiger partial charge in [0, 0.05) is 17.8 Å². The summed E-state index contributed by atoms with van der Waals surface area (Å²) in [5.41, 5.74) is -2.81. The van der Waals surface area contributed by atoms with Crippen LogP contribution in [0.5, 0.6) is 0 Å². The first-order chi connectivity index (χ1) is 15.4. The van der Waals surface area contributed by atoms with Crippen molar-refractivity contribution in [2.45, 2.75) is 25.3 Å². The first-order valence-electron chi connectivity index (χ1n) is 9.07. The van der Waals surface area contributed by atoms with Crippen molar-refractivity contribution in [3.8, 4) is 10.7 Å². The van der Waals surface area contributed by atoms with Gasteiger partial charge in [0.15, 0.2) is 0 Å². The molecular weight excluding hydrogens is 538 g/mol. The summed E-state index contributed by atoms with van der Waals surface area (Å²) in [5, 5.41) is 2.96. The second-order valence-corrected chi connectivity index (χ2v) is 9.17.